The van der Waals surface area contributed by atoms with E-state index in [-0.39, 0.29) is 18.4 Å². The van der Waals surface area contributed by atoms with E-state index in [1.807, 2.05) is 12.1 Å². The Balaban J connectivity index is 1.42. The van der Waals surface area contributed by atoms with E-state index in [1.165, 1.54) is 12.3 Å². The van der Waals surface area contributed by atoms with Crippen LogP contribution >= 0.6 is 0 Å². The van der Waals surface area contributed by atoms with Crippen LogP contribution in [0.4, 0.5) is 5.69 Å². The highest BCUT2D eigenvalue weighted by Crippen LogP contribution is 2.34. The third-order valence-electron chi connectivity index (χ3n) is 4.09. The van der Waals surface area contributed by atoms with Crippen molar-refractivity contribution in [1.29, 1.82) is 0 Å². The molecule has 2 aromatic heterocycles. The van der Waals surface area contributed by atoms with E-state index in [1.54, 1.807) is 36.7 Å². The lowest BCUT2D eigenvalue weighted by Gasteiger charge is -2.08. The van der Waals surface area contributed by atoms with Gasteiger partial charge in [-0.15, -0.1) is 0 Å². The van der Waals surface area contributed by atoms with E-state index in [0.717, 1.165) is 5.56 Å². The first-order chi connectivity index (χ1) is 13.7. The van der Waals surface area contributed by atoms with Crippen LogP contribution in [0.5, 0.6) is 11.5 Å². The smallest absolute Gasteiger partial charge is 0.274 e. The fourth-order valence-electron chi connectivity index (χ4n) is 2.65. The number of hydrogen-bond donors (Lipinski definition) is 2. The summed E-state index contributed by atoms with van der Waals surface area (Å²) < 4.78 is 10.5. The Labute approximate surface area is 160 Å². The molecule has 0 bridgehead atoms. The van der Waals surface area contributed by atoms with Gasteiger partial charge in [-0.2, -0.15) is 0 Å². The lowest BCUT2D eigenvalue weighted by Crippen LogP contribution is -2.23. The van der Waals surface area contributed by atoms with Gasteiger partial charge in [0.25, 0.3) is 11.8 Å². The van der Waals surface area contributed by atoms with Gasteiger partial charge in [0.15, 0.2) is 11.5 Å². The van der Waals surface area contributed by atoms with Crippen molar-refractivity contribution in [2.24, 2.45) is 0 Å². The first kappa shape index (κ1) is 17.5. The highest BCUT2D eigenvalue weighted by molar-refractivity contribution is 6.04. The second-order valence-electron chi connectivity index (χ2n) is 5.99. The van der Waals surface area contributed by atoms with E-state index >= 15 is 0 Å². The van der Waals surface area contributed by atoms with Crippen LogP contribution < -0.4 is 20.1 Å². The van der Waals surface area contributed by atoms with Gasteiger partial charge in [-0.3, -0.25) is 19.6 Å². The van der Waals surface area contributed by atoms with Crippen molar-refractivity contribution >= 4 is 17.5 Å². The largest absolute Gasteiger partial charge is 0.454 e. The van der Waals surface area contributed by atoms with Crippen molar-refractivity contribution in [2.45, 2.75) is 6.54 Å². The lowest BCUT2D eigenvalue weighted by molar-refractivity contribution is 0.0950. The molecule has 2 amide bonds. The number of carbonyl (C=O) groups is 2. The Kier molecular flexibility index (Phi) is 4.83. The number of pyridine rings is 2. The topological polar surface area (TPSA) is 102 Å². The number of hydrogen-bond acceptors (Lipinski definition) is 6. The molecule has 0 radical (unpaired) electrons. The molecular formula is C20H16N4O4. The average molecular weight is 376 g/mol. The molecular weight excluding hydrogens is 360 g/mol. The number of ether oxygens (including phenoxy) is 2. The number of aromatic nitrogens is 2. The van der Waals surface area contributed by atoms with Crippen LogP contribution in [-0.2, 0) is 6.54 Å². The number of benzene rings is 1. The molecule has 3 heterocycles. The van der Waals surface area contributed by atoms with Crippen molar-refractivity contribution in [3.63, 3.8) is 0 Å². The first-order valence-electron chi connectivity index (χ1n) is 8.53. The average Bonchev–Trinajstić information content (AvgIpc) is 3.21. The highest BCUT2D eigenvalue weighted by atomic mass is 16.7. The summed E-state index contributed by atoms with van der Waals surface area (Å²) >= 11 is 0. The standard InChI is InChI=1S/C20H16N4O4/c25-19(23-11-13-3-6-21-7-4-13)14-5-8-22-16(9-14)20(26)24-15-1-2-17-18(10-15)28-12-27-17/h1-10H,11-12H2,(H,23,25)(H,24,26). The van der Waals surface area contributed by atoms with E-state index in [4.69, 9.17) is 9.47 Å². The number of anilines is 1. The van der Waals surface area contributed by atoms with Crippen LogP contribution in [-0.4, -0.2) is 28.6 Å². The summed E-state index contributed by atoms with van der Waals surface area (Å²) in [5.74, 6) is 0.470. The minimum Gasteiger partial charge on any atom is -0.454 e. The zero-order valence-electron chi connectivity index (χ0n) is 14.7. The zero-order chi connectivity index (χ0) is 19.3. The van der Waals surface area contributed by atoms with Crippen molar-refractivity contribution in [3.05, 3.63) is 77.9 Å². The minimum absolute atomic E-state index is 0.134. The third-order valence-corrected chi connectivity index (χ3v) is 4.09. The van der Waals surface area contributed by atoms with Crippen LogP contribution in [0.1, 0.15) is 26.4 Å². The summed E-state index contributed by atoms with van der Waals surface area (Å²) in [5, 5.41) is 5.54. The SMILES string of the molecule is O=C(NCc1ccncc1)c1ccnc(C(=O)Nc2ccc3c(c2)OCO3)c1. The van der Waals surface area contributed by atoms with E-state index < -0.39 is 5.91 Å². The molecule has 140 valence electrons. The Morgan fingerprint density at radius 1 is 0.929 bits per heavy atom. The van der Waals surface area contributed by atoms with Gasteiger partial charge in [-0.1, -0.05) is 0 Å². The van der Waals surface area contributed by atoms with E-state index in [9.17, 15) is 9.59 Å². The van der Waals surface area contributed by atoms with E-state index in [2.05, 4.69) is 20.6 Å². The number of nitrogens with zero attached hydrogens (tertiary/aromatic N) is 2. The molecule has 1 aliphatic heterocycles. The van der Waals surface area contributed by atoms with Crippen LogP contribution in [0.15, 0.2) is 61.1 Å². The molecule has 0 saturated carbocycles. The second-order valence-corrected chi connectivity index (χ2v) is 5.99. The number of amides is 2. The summed E-state index contributed by atoms with van der Waals surface area (Å²) in [6, 6.07) is 11.7. The number of carbonyl (C=O) groups excluding carboxylic acids is 2. The van der Waals surface area contributed by atoms with Crippen LogP contribution in [0.25, 0.3) is 0 Å². The molecule has 1 aromatic carbocycles. The van der Waals surface area contributed by atoms with Gasteiger partial charge in [-0.05, 0) is 42.0 Å². The Morgan fingerprint density at radius 2 is 1.75 bits per heavy atom. The monoisotopic (exact) mass is 376 g/mol. The molecule has 8 heteroatoms. The fraction of sp³-hybridized carbons (Fsp3) is 0.100. The quantitative estimate of drug-likeness (QED) is 0.709. The predicted octanol–water partition coefficient (Wildman–Crippen LogP) is 2.39. The molecule has 0 fully saturated rings. The first-order valence-corrected chi connectivity index (χ1v) is 8.53. The van der Waals surface area contributed by atoms with Crippen molar-refractivity contribution in [2.75, 3.05) is 12.1 Å². The Bertz CT molecular complexity index is 1020. The van der Waals surface area contributed by atoms with Crippen LogP contribution in [0, 0.1) is 0 Å². The molecule has 8 nitrogen and oxygen atoms in total. The fourth-order valence-corrected chi connectivity index (χ4v) is 2.65. The molecule has 0 spiro atoms. The van der Waals surface area contributed by atoms with Gasteiger partial charge in [0.2, 0.25) is 6.79 Å². The number of fused-ring (bicyclic) bond motifs is 1. The molecule has 2 N–H and O–H groups in total. The lowest BCUT2D eigenvalue weighted by atomic mass is 10.2. The third kappa shape index (κ3) is 3.90. The summed E-state index contributed by atoms with van der Waals surface area (Å²) in [6.07, 6.45) is 4.74. The summed E-state index contributed by atoms with van der Waals surface area (Å²) in [4.78, 5) is 32.8. The molecule has 4 rings (SSSR count). The molecule has 1 aliphatic rings. The van der Waals surface area contributed by atoms with Gasteiger partial charge in [0.1, 0.15) is 5.69 Å². The minimum atomic E-state index is -0.428. The normalized spacial score (nSPS) is 11.7. The Hall–Kier alpha value is -3.94. The maximum Gasteiger partial charge on any atom is 0.274 e. The maximum atomic E-state index is 12.5. The summed E-state index contributed by atoms with van der Waals surface area (Å²) in [6.45, 7) is 0.521. The van der Waals surface area contributed by atoms with Crippen molar-refractivity contribution in [3.8, 4) is 11.5 Å². The molecule has 28 heavy (non-hydrogen) atoms. The maximum absolute atomic E-state index is 12.5. The molecule has 0 saturated heterocycles. The van der Waals surface area contributed by atoms with Gasteiger partial charge >= 0.3 is 0 Å². The van der Waals surface area contributed by atoms with Crippen LogP contribution in [0.3, 0.4) is 0 Å². The number of rotatable bonds is 5. The number of nitrogens with one attached hydrogen (secondary N) is 2. The predicted molar refractivity (Wildman–Crippen MR) is 100 cm³/mol. The van der Waals surface area contributed by atoms with Crippen LogP contribution in [0.2, 0.25) is 0 Å². The van der Waals surface area contributed by atoms with E-state index in [0.29, 0.717) is 29.3 Å². The molecule has 0 unspecified atom stereocenters. The second kappa shape index (κ2) is 7.75. The van der Waals surface area contributed by atoms with Crippen molar-refractivity contribution in [1.82, 2.24) is 15.3 Å². The summed E-state index contributed by atoms with van der Waals surface area (Å²) in [7, 11) is 0. The van der Waals surface area contributed by atoms with Gasteiger partial charge in [-0.25, -0.2) is 0 Å². The van der Waals surface area contributed by atoms with Gasteiger partial charge < -0.3 is 20.1 Å². The highest BCUT2D eigenvalue weighted by Gasteiger charge is 2.16. The van der Waals surface area contributed by atoms with Gasteiger partial charge in [0.05, 0.1) is 0 Å². The molecule has 3 aromatic rings. The molecule has 0 aliphatic carbocycles. The molecule has 0 atom stereocenters. The summed E-state index contributed by atoms with van der Waals surface area (Å²) in [5.41, 5.74) is 1.95. The zero-order valence-corrected chi connectivity index (χ0v) is 14.7. The Morgan fingerprint density at radius 3 is 2.61 bits per heavy atom. The van der Waals surface area contributed by atoms with Gasteiger partial charge in [0, 0.05) is 42.5 Å². The van der Waals surface area contributed by atoms with Crippen molar-refractivity contribution < 1.29 is 19.1 Å².